The van der Waals surface area contributed by atoms with Crippen LogP contribution in [0.15, 0.2) is 6.07 Å². The van der Waals surface area contributed by atoms with Gasteiger partial charge in [-0.2, -0.15) is 0 Å². The topological polar surface area (TPSA) is 55.4 Å². The number of terminal acetylenes is 1. The maximum Gasteiger partial charge on any atom is 0.341 e. The summed E-state index contributed by atoms with van der Waals surface area (Å²) in [4.78, 5) is 23.8. The van der Waals surface area contributed by atoms with Crippen molar-refractivity contribution in [3.8, 4) is 12.3 Å². The third-order valence-electron chi connectivity index (χ3n) is 1.99. The van der Waals surface area contributed by atoms with Gasteiger partial charge < -0.3 is 10.1 Å². The first-order chi connectivity index (χ1) is 8.12. The second-order valence-electron chi connectivity index (χ2n) is 3.13. The highest BCUT2D eigenvalue weighted by atomic mass is 32.1. The van der Waals surface area contributed by atoms with Crippen molar-refractivity contribution in [2.24, 2.45) is 0 Å². The van der Waals surface area contributed by atoms with E-state index in [0.29, 0.717) is 17.2 Å². The molecule has 4 nitrogen and oxygen atoms in total. The van der Waals surface area contributed by atoms with Crippen molar-refractivity contribution in [3.63, 3.8) is 0 Å². The molecule has 0 aromatic carbocycles. The smallest absolute Gasteiger partial charge is 0.341 e. The van der Waals surface area contributed by atoms with Crippen molar-refractivity contribution in [2.75, 3.05) is 11.9 Å². The van der Waals surface area contributed by atoms with Crippen LogP contribution >= 0.6 is 11.3 Å². The van der Waals surface area contributed by atoms with E-state index in [1.165, 1.54) is 11.3 Å². The summed E-state index contributed by atoms with van der Waals surface area (Å²) in [6, 6.07) is 1.72. The minimum absolute atomic E-state index is 0.290. The molecule has 1 heterocycles. The van der Waals surface area contributed by atoms with E-state index in [0.717, 1.165) is 11.3 Å². The number of anilines is 1. The van der Waals surface area contributed by atoms with Crippen LogP contribution in [0.4, 0.5) is 5.00 Å². The number of ether oxygens (including phenoxy) is 1. The maximum atomic E-state index is 11.6. The first-order valence-corrected chi connectivity index (χ1v) is 6.01. The highest BCUT2D eigenvalue weighted by Gasteiger charge is 2.17. The second kappa shape index (κ2) is 6.06. The molecule has 0 aliphatic carbocycles. The molecule has 0 unspecified atom stereocenters. The molecule has 1 N–H and O–H groups in total. The Morgan fingerprint density at radius 2 is 2.24 bits per heavy atom. The molecule has 0 aliphatic rings. The lowest BCUT2D eigenvalue weighted by Crippen LogP contribution is -2.11. The van der Waals surface area contributed by atoms with Crippen LogP contribution in [0.5, 0.6) is 0 Å². The average Bonchev–Trinajstić information content (AvgIpc) is 2.72. The van der Waals surface area contributed by atoms with Gasteiger partial charge in [0.2, 0.25) is 0 Å². The Morgan fingerprint density at radius 1 is 1.53 bits per heavy atom. The van der Waals surface area contributed by atoms with E-state index in [9.17, 15) is 9.59 Å². The van der Waals surface area contributed by atoms with Gasteiger partial charge in [-0.15, -0.1) is 17.8 Å². The molecule has 1 amide bonds. The number of carbonyl (C=O) groups excluding carboxylic acids is 2. The van der Waals surface area contributed by atoms with Crippen molar-refractivity contribution in [2.45, 2.75) is 20.3 Å². The number of esters is 1. The SMILES string of the molecule is C#CC(=O)Nc1sc(CC)cc1C(=O)OCC. The van der Waals surface area contributed by atoms with Crippen molar-refractivity contribution < 1.29 is 14.3 Å². The van der Waals surface area contributed by atoms with Gasteiger partial charge in [0, 0.05) is 4.88 Å². The molecule has 0 bridgehead atoms. The summed E-state index contributed by atoms with van der Waals surface area (Å²) < 4.78 is 4.91. The second-order valence-corrected chi connectivity index (χ2v) is 4.26. The van der Waals surface area contributed by atoms with E-state index >= 15 is 0 Å². The van der Waals surface area contributed by atoms with Gasteiger partial charge >= 0.3 is 11.9 Å². The Hall–Kier alpha value is -1.80. The zero-order valence-corrected chi connectivity index (χ0v) is 10.5. The summed E-state index contributed by atoms with van der Waals surface area (Å²) in [7, 11) is 0. The normalized spacial score (nSPS) is 9.47. The average molecular weight is 251 g/mol. The van der Waals surface area contributed by atoms with E-state index in [2.05, 4.69) is 5.32 Å². The predicted molar refractivity (Wildman–Crippen MR) is 67.1 cm³/mol. The number of nitrogens with one attached hydrogen (secondary N) is 1. The molecule has 0 spiro atoms. The Bertz CT molecular complexity index is 471. The van der Waals surface area contributed by atoms with Crippen LogP contribution in [-0.2, 0) is 16.0 Å². The number of thiophene rings is 1. The third kappa shape index (κ3) is 3.33. The van der Waals surface area contributed by atoms with Gasteiger partial charge in [0.05, 0.1) is 12.2 Å². The van der Waals surface area contributed by atoms with Crippen LogP contribution in [0.1, 0.15) is 29.1 Å². The molecule has 0 fully saturated rings. The minimum atomic E-state index is -0.569. The number of carbonyl (C=O) groups is 2. The van der Waals surface area contributed by atoms with Crippen molar-refractivity contribution in [1.82, 2.24) is 0 Å². The van der Waals surface area contributed by atoms with Crippen LogP contribution in [0.25, 0.3) is 0 Å². The zero-order chi connectivity index (χ0) is 12.8. The molecule has 5 heteroatoms. The largest absolute Gasteiger partial charge is 0.462 e. The Labute approximate surface area is 104 Å². The molecule has 0 saturated carbocycles. The molecule has 1 aromatic heterocycles. The van der Waals surface area contributed by atoms with Gasteiger partial charge in [-0.25, -0.2) is 4.79 Å². The number of rotatable bonds is 4. The van der Waals surface area contributed by atoms with E-state index in [1.54, 1.807) is 13.0 Å². The fourth-order valence-electron chi connectivity index (χ4n) is 1.21. The van der Waals surface area contributed by atoms with E-state index in [1.807, 2.05) is 12.8 Å². The number of aryl methyl sites for hydroxylation is 1. The summed E-state index contributed by atoms with van der Waals surface area (Å²) in [5, 5.41) is 2.94. The number of amides is 1. The predicted octanol–water partition coefficient (Wildman–Crippen LogP) is 2.06. The molecular formula is C12H13NO3S. The van der Waals surface area contributed by atoms with Crippen LogP contribution in [-0.4, -0.2) is 18.5 Å². The van der Waals surface area contributed by atoms with Crippen LogP contribution < -0.4 is 5.32 Å². The molecular weight excluding hydrogens is 238 g/mol. The minimum Gasteiger partial charge on any atom is -0.462 e. The Balaban J connectivity index is 3.01. The summed E-state index contributed by atoms with van der Waals surface area (Å²) in [5.41, 5.74) is 0.359. The number of hydrogen-bond acceptors (Lipinski definition) is 4. The van der Waals surface area contributed by atoms with Gasteiger partial charge in [-0.1, -0.05) is 6.92 Å². The van der Waals surface area contributed by atoms with E-state index in [4.69, 9.17) is 11.2 Å². The quantitative estimate of drug-likeness (QED) is 0.658. The monoisotopic (exact) mass is 251 g/mol. The lowest BCUT2D eigenvalue weighted by molar-refractivity contribution is -0.111. The summed E-state index contributed by atoms with van der Waals surface area (Å²) in [6.07, 6.45) is 5.75. The molecule has 1 rings (SSSR count). The third-order valence-corrected chi connectivity index (χ3v) is 3.18. The maximum absolute atomic E-state index is 11.6. The highest BCUT2D eigenvalue weighted by Crippen LogP contribution is 2.29. The van der Waals surface area contributed by atoms with Crippen molar-refractivity contribution in [1.29, 1.82) is 0 Å². The van der Waals surface area contributed by atoms with Crippen LogP contribution in [0, 0.1) is 12.3 Å². The molecule has 0 radical (unpaired) electrons. The van der Waals surface area contributed by atoms with Gasteiger partial charge in [0.1, 0.15) is 5.00 Å². The highest BCUT2D eigenvalue weighted by molar-refractivity contribution is 7.16. The van der Waals surface area contributed by atoms with Gasteiger partial charge in [0.15, 0.2) is 0 Å². The summed E-state index contributed by atoms with van der Waals surface area (Å²) >= 11 is 1.33. The molecule has 0 aliphatic heterocycles. The molecule has 17 heavy (non-hydrogen) atoms. The van der Waals surface area contributed by atoms with Crippen LogP contribution in [0.3, 0.4) is 0 Å². The van der Waals surface area contributed by atoms with Crippen molar-refractivity contribution >= 4 is 28.2 Å². The standard InChI is InChI=1S/C12H13NO3S/c1-4-8-7-9(12(15)16-6-3)11(17-8)13-10(14)5-2/h2,7H,4,6H2,1,3H3,(H,13,14). The fourth-order valence-corrected chi connectivity index (χ4v) is 2.19. The van der Waals surface area contributed by atoms with Gasteiger partial charge in [0.25, 0.3) is 0 Å². The van der Waals surface area contributed by atoms with E-state index in [-0.39, 0.29) is 0 Å². The number of hydrogen-bond donors (Lipinski definition) is 1. The lowest BCUT2D eigenvalue weighted by atomic mass is 10.2. The Morgan fingerprint density at radius 3 is 2.76 bits per heavy atom. The van der Waals surface area contributed by atoms with Crippen LogP contribution in [0.2, 0.25) is 0 Å². The molecule has 1 aromatic rings. The summed E-state index contributed by atoms with van der Waals surface area (Å²) in [5.74, 6) is 0.926. The fraction of sp³-hybridized carbons (Fsp3) is 0.333. The Kier molecular flexibility index (Phi) is 4.73. The van der Waals surface area contributed by atoms with Gasteiger partial charge in [-0.05, 0) is 25.3 Å². The van der Waals surface area contributed by atoms with Crippen molar-refractivity contribution in [3.05, 3.63) is 16.5 Å². The molecule has 0 atom stereocenters. The van der Waals surface area contributed by atoms with Gasteiger partial charge in [-0.3, -0.25) is 4.79 Å². The first-order valence-electron chi connectivity index (χ1n) is 5.19. The van der Waals surface area contributed by atoms with E-state index < -0.39 is 11.9 Å². The molecule has 0 saturated heterocycles. The summed E-state index contributed by atoms with van der Waals surface area (Å²) in [6.45, 7) is 3.98. The zero-order valence-electron chi connectivity index (χ0n) is 9.70. The lowest BCUT2D eigenvalue weighted by Gasteiger charge is -2.02. The first kappa shape index (κ1) is 13.3. The molecule has 90 valence electrons.